The second-order valence-electron chi connectivity index (χ2n) is 3.58. The number of amides is 1. The van der Waals surface area contributed by atoms with Gasteiger partial charge in [0.05, 0.1) is 6.61 Å². The van der Waals surface area contributed by atoms with Gasteiger partial charge in [0.15, 0.2) is 5.69 Å². The van der Waals surface area contributed by atoms with Crippen LogP contribution in [0.2, 0.25) is 0 Å². The van der Waals surface area contributed by atoms with Gasteiger partial charge in [0, 0.05) is 13.2 Å². The maximum Gasteiger partial charge on any atom is 0.295 e. The molecule has 17 heavy (non-hydrogen) atoms. The zero-order chi connectivity index (χ0) is 12.1. The van der Waals surface area contributed by atoms with Gasteiger partial charge in [0.1, 0.15) is 0 Å². The molecule has 5 nitrogen and oxygen atoms in total. The SMILES string of the molecule is Cn1ccc(C(=O)NOCc2ccccc2)n1. The van der Waals surface area contributed by atoms with Crippen LogP contribution in [0.25, 0.3) is 0 Å². The van der Waals surface area contributed by atoms with E-state index in [1.54, 1.807) is 24.0 Å². The fraction of sp³-hybridized carbons (Fsp3) is 0.167. The third-order valence-corrected chi connectivity index (χ3v) is 2.19. The van der Waals surface area contributed by atoms with Crippen molar-refractivity contribution >= 4 is 5.91 Å². The van der Waals surface area contributed by atoms with Crippen molar-refractivity contribution in [2.45, 2.75) is 6.61 Å². The van der Waals surface area contributed by atoms with E-state index < -0.39 is 0 Å². The largest absolute Gasteiger partial charge is 0.295 e. The molecule has 0 bridgehead atoms. The van der Waals surface area contributed by atoms with E-state index in [0.29, 0.717) is 12.3 Å². The van der Waals surface area contributed by atoms with E-state index >= 15 is 0 Å². The van der Waals surface area contributed by atoms with Crippen LogP contribution in [0.3, 0.4) is 0 Å². The van der Waals surface area contributed by atoms with Crippen LogP contribution < -0.4 is 5.48 Å². The average Bonchev–Trinajstić information content (AvgIpc) is 2.77. The van der Waals surface area contributed by atoms with Gasteiger partial charge in [0.25, 0.3) is 5.91 Å². The van der Waals surface area contributed by atoms with Crippen LogP contribution >= 0.6 is 0 Å². The third-order valence-electron chi connectivity index (χ3n) is 2.19. The number of hydroxylamine groups is 1. The summed E-state index contributed by atoms with van der Waals surface area (Å²) in [5.74, 6) is -0.346. The van der Waals surface area contributed by atoms with Gasteiger partial charge in [-0.2, -0.15) is 5.10 Å². The summed E-state index contributed by atoms with van der Waals surface area (Å²) in [4.78, 5) is 16.6. The number of nitrogens with one attached hydrogen (secondary N) is 1. The molecule has 88 valence electrons. The van der Waals surface area contributed by atoms with Crippen LogP contribution in [0, 0.1) is 0 Å². The Morgan fingerprint density at radius 2 is 2.12 bits per heavy atom. The van der Waals surface area contributed by atoms with Crippen LogP contribution in [0.15, 0.2) is 42.6 Å². The van der Waals surface area contributed by atoms with Gasteiger partial charge in [0.2, 0.25) is 0 Å². The third kappa shape index (κ3) is 3.15. The van der Waals surface area contributed by atoms with E-state index in [9.17, 15) is 4.79 Å². The maximum atomic E-state index is 11.5. The lowest BCUT2D eigenvalue weighted by molar-refractivity contribution is 0.0229. The van der Waals surface area contributed by atoms with Gasteiger partial charge >= 0.3 is 0 Å². The van der Waals surface area contributed by atoms with Crippen molar-refractivity contribution in [2.75, 3.05) is 0 Å². The van der Waals surface area contributed by atoms with Gasteiger partial charge in [-0.25, -0.2) is 5.48 Å². The Morgan fingerprint density at radius 3 is 2.76 bits per heavy atom. The molecule has 0 radical (unpaired) electrons. The lowest BCUT2D eigenvalue weighted by atomic mass is 10.2. The smallest absolute Gasteiger partial charge is 0.275 e. The van der Waals surface area contributed by atoms with E-state index in [0.717, 1.165) is 5.56 Å². The van der Waals surface area contributed by atoms with E-state index in [-0.39, 0.29) is 5.91 Å². The van der Waals surface area contributed by atoms with Crippen molar-refractivity contribution in [3.8, 4) is 0 Å². The number of aryl methyl sites for hydroxylation is 1. The Morgan fingerprint density at radius 1 is 1.35 bits per heavy atom. The number of carbonyl (C=O) groups excluding carboxylic acids is 1. The molecule has 0 saturated heterocycles. The molecule has 5 heteroatoms. The molecule has 1 N–H and O–H groups in total. The molecule has 0 fully saturated rings. The number of carbonyl (C=O) groups is 1. The molecule has 0 aliphatic rings. The van der Waals surface area contributed by atoms with Crippen molar-refractivity contribution in [3.63, 3.8) is 0 Å². The molecule has 1 aromatic carbocycles. The lowest BCUT2D eigenvalue weighted by Crippen LogP contribution is -2.24. The summed E-state index contributed by atoms with van der Waals surface area (Å²) < 4.78 is 1.56. The van der Waals surface area contributed by atoms with Crippen molar-refractivity contribution in [1.82, 2.24) is 15.3 Å². The molecule has 1 aromatic heterocycles. The first-order chi connectivity index (χ1) is 8.25. The normalized spacial score (nSPS) is 10.2. The zero-order valence-corrected chi connectivity index (χ0v) is 9.46. The minimum absolute atomic E-state index is 0.333. The van der Waals surface area contributed by atoms with Crippen molar-refractivity contribution in [1.29, 1.82) is 0 Å². The predicted octanol–water partition coefficient (Wildman–Crippen LogP) is 1.28. The zero-order valence-electron chi connectivity index (χ0n) is 9.46. The predicted molar refractivity (Wildman–Crippen MR) is 61.9 cm³/mol. The van der Waals surface area contributed by atoms with E-state index in [4.69, 9.17) is 4.84 Å². The topological polar surface area (TPSA) is 56.2 Å². The number of benzene rings is 1. The molecule has 2 aromatic rings. The molecule has 0 saturated carbocycles. The highest BCUT2D eigenvalue weighted by Gasteiger charge is 2.07. The Balaban J connectivity index is 1.81. The first kappa shape index (κ1) is 11.3. The maximum absolute atomic E-state index is 11.5. The second kappa shape index (κ2) is 5.27. The number of hydrogen-bond acceptors (Lipinski definition) is 3. The minimum atomic E-state index is -0.346. The van der Waals surface area contributed by atoms with E-state index in [2.05, 4.69) is 10.6 Å². The molecule has 1 amide bonds. The quantitative estimate of drug-likeness (QED) is 0.806. The summed E-state index contributed by atoms with van der Waals surface area (Å²) in [5, 5.41) is 3.96. The van der Waals surface area contributed by atoms with Crippen LogP contribution in [0.5, 0.6) is 0 Å². The molecule has 1 heterocycles. The number of aromatic nitrogens is 2. The summed E-state index contributed by atoms with van der Waals surface area (Å²) in [7, 11) is 1.75. The van der Waals surface area contributed by atoms with Crippen LogP contribution in [0.1, 0.15) is 16.1 Å². The molecule has 0 aliphatic carbocycles. The number of rotatable bonds is 4. The minimum Gasteiger partial charge on any atom is -0.275 e. The summed E-state index contributed by atoms with van der Waals surface area (Å²) in [6, 6.07) is 11.2. The van der Waals surface area contributed by atoms with Crippen molar-refractivity contribution in [3.05, 3.63) is 53.9 Å². The Bertz CT molecular complexity index is 493. The van der Waals surface area contributed by atoms with Gasteiger partial charge < -0.3 is 0 Å². The first-order valence-corrected chi connectivity index (χ1v) is 5.21. The highest BCUT2D eigenvalue weighted by molar-refractivity contribution is 5.91. The molecular formula is C12H13N3O2. The average molecular weight is 231 g/mol. The highest BCUT2D eigenvalue weighted by Crippen LogP contribution is 2.00. The van der Waals surface area contributed by atoms with E-state index in [1.165, 1.54) is 0 Å². The Kier molecular flexibility index (Phi) is 3.52. The second-order valence-corrected chi connectivity index (χ2v) is 3.58. The summed E-state index contributed by atoms with van der Waals surface area (Å²) >= 11 is 0. The molecule has 0 unspecified atom stereocenters. The molecular weight excluding hydrogens is 218 g/mol. The highest BCUT2D eigenvalue weighted by atomic mass is 16.6. The Labute approximate surface area is 99.0 Å². The molecule has 0 aliphatic heterocycles. The van der Waals surface area contributed by atoms with Gasteiger partial charge in [-0.1, -0.05) is 30.3 Å². The fourth-order valence-corrected chi connectivity index (χ4v) is 1.35. The van der Waals surface area contributed by atoms with Gasteiger partial charge in [-0.3, -0.25) is 14.3 Å². The van der Waals surface area contributed by atoms with Crippen LogP contribution in [0.4, 0.5) is 0 Å². The molecule has 0 spiro atoms. The first-order valence-electron chi connectivity index (χ1n) is 5.21. The van der Waals surface area contributed by atoms with Crippen molar-refractivity contribution in [2.24, 2.45) is 7.05 Å². The summed E-state index contributed by atoms with van der Waals surface area (Å²) in [6.07, 6.45) is 1.70. The van der Waals surface area contributed by atoms with E-state index in [1.807, 2.05) is 30.3 Å². The lowest BCUT2D eigenvalue weighted by Gasteiger charge is -2.03. The monoisotopic (exact) mass is 231 g/mol. The summed E-state index contributed by atoms with van der Waals surface area (Å²) in [6.45, 7) is 0.333. The van der Waals surface area contributed by atoms with Crippen LogP contribution in [-0.2, 0) is 18.5 Å². The molecule has 0 atom stereocenters. The van der Waals surface area contributed by atoms with Gasteiger partial charge in [-0.05, 0) is 11.6 Å². The van der Waals surface area contributed by atoms with Crippen LogP contribution in [-0.4, -0.2) is 15.7 Å². The Hall–Kier alpha value is -2.14. The standard InChI is InChI=1S/C12H13N3O2/c1-15-8-7-11(13-15)12(16)14-17-9-10-5-3-2-4-6-10/h2-8H,9H2,1H3,(H,14,16). The van der Waals surface area contributed by atoms with Gasteiger partial charge in [-0.15, -0.1) is 0 Å². The molecule has 2 rings (SSSR count). The van der Waals surface area contributed by atoms with Crippen molar-refractivity contribution < 1.29 is 9.63 Å². The fourth-order valence-electron chi connectivity index (χ4n) is 1.35. The summed E-state index contributed by atoms with van der Waals surface area (Å²) in [5.41, 5.74) is 3.67. The number of hydrogen-bond donors (Lipinski definition) is 1. The number of nitrogens with zero attached hydrogens (tertiary/aromatic N) is 2.